The fraction of sp³-hybridized carbons (Fsp3) is 0.120. The van der Waals surface area contributed by atoms with Gasteiger partial charge in [-0.05, 0) is 151 Å². The molecule has 0 unspecified atom stereocenters. The van der Waals surface area contributed by atoms with Crippen LogP contribution in [0, 0.1) is 0 Å². The Morgan fingerprint density at radius 3 is 1.49 bits per heavy atom. The Labute approximate surface area is 457 Å². The maximum Gasteiger partial charge on any atom is 0.144 e. The van der Waals surface area contributed by atoms with Crippen LogP contribution in [-0.4, -0.2) is 0 Å². The second kappa shape index (κ2) is 15.4. The second-order valence-corrected chi connectivity index (χ2v) is 23.9. The van der Waals surface area contributed by atoms with Gasteiger partial charge in [0.05, 0.1) is 0 Å². The summed E-state index contributed by atoms with van der Waals surface area (Å²) in [7, 11) is 0. The van der Waals surface area contributed by atoms with Crippen LogP contribution in [0.5, 0.6) is 0 Å². The Morgan fingerprint density at radius 2 is 0.785 bits per heavy atom. The number of anilines is 3. The number of benzene rings is 11. The first kappa shape index (κ1) is 44.7. The molecule has 0 saturated heterocycles. The molecule has 3 heterocycles. The molecule has 0 bridgehead atoms. The van der Waals surface area contributed by atoms with Crippen molar-refractivity contribution in [2.75, 3.05) is 4.90 Å². The average Bonchev–Trinajstić information content (AvgIpc) is 3.45. The normalized spacial score (nSPS) is 15.0. The fourth-order valence-electron chi connectivity index (χ4n) is 14.9. The van der Waals surface area contributed by atoms with Gasteiger partial charge >= 0.3 is 0 Å². The van der Waals surface area contributed by atoms with E-state index in [2.05, 4.69) is 247 Å². The van der Waals surface area contributed by atoms with Crippen LogP contribution >= 0.6 is 0 Å². The minimum Gasteiger partial charge on any atom is -0.456 e. The van der Waals surface area contributed by atoms with Gasteiger partial charge in [-0.25, -0.2) is 0 Å². The van der Waals surface area contributed by atoms with Gasteiger partial charge in [0.15, 0.2) is 0 Å². The lowest BCUT2D eigenvalue weighted by Crippen LogP contribution is -2.24. The van der Waals surface area contributed by atoms with Crippen LogP contribution < -0.4 is 4.90 Å². The van der Waals surface area contributed by atoms with E-state index in [-0.39, 0.29) is 16.2 Å². The van der Waals surface area contributed by atoms with Gasteiger partial charge in [-0.1, -0.05) is 181 Å². The summed E-state index contributed by atoms with van der Waals surface area (Å²) in [5, 5.41) is 6.88. The van der Waals surface area contributed by atoms with Crippen LogP contribution in [0.25, 0.3) is 121 Å². The Kier molecular flexibility index (Phi) is 8.73. The third kappa shape index (κ3) is 5.88. The molecule has 14 aromatic rings. The predicted molar refractivity (Wildman–Crippen MR) is 327 cm³/mol. The van der Waals surface area contributed by atoms with Crippen molar-refractivity contribution in [1.29, 1.82) is 0 Å². The highest BCUT2D eigenvalue weighted by Gasteiger charge is 2.49. The van der Waals surface area contributed by atoms with Crippen molar-refractivity contribution >= 4 is 82.9 Å². The SMILES string of the molecule is CC1(C)c2cc(N(c3ccc(-c4ccccc4)cc3)c3ccc4c(c3)C(C)(C)c3c5c(c6oc7ccccc7c6c3-4)-c3ccccc3C5(C)C)ccc2-c2c1cc(-c1ccc3c(c1)oc1ccccc13)c1oc3ccccc3c21. The summed E-state index contributed by atoms with van der Waals surface area (Å²) in [5.41, 5.74) is 27.9. The van der Waals surface area contributed by atoms with Gasteiger partial charge in [-0.15, -0.1) is 0 Å². The molecule has 376 valence electrons. The lowest BCUT2D eigenvalue weighted by atomic mass is 9.72. The lowest BCUT2D eigenvalue weighted by Gasteiger charge is -2.32. The van der Waals surface area contributed by atoms with Crippen LogP contribution in [0.3, 0.4) is 0 Å². The Hall–Kier alpha value is -9.38. The quantitative estimate of drug-likeness (QED) is 0.172. The maximum absolute atomic E-state index is 7.03. The number of hydrogen-bond acceptors (Lipinski definition) is 4. The summed E-state index contributed by atoms with van der Waals surface area (Å²) < 4.78 is 20.5. The monoisotopic (exact) mass is 1020 g/mol. The van der Waals surface area contributed by atoms with Crippen molar-refractivity contribution in [1.82, 2.24) is 0 Å². The first-order valence-electron chi connectivity index (χ1n) is 27.7. The zero-order valence-electron chi connectivity index (χ0n) is 44.9. The van der Waals surface area contributed by atoms with Gasteiger partial charge in [-0.2, -0.15) is 0 Å². The molecule has 3 aromatic heterocycles. The predicted octanol–water partition coefficient (Wildman–Crippen LogP) is 21.1. The third-order valence-corrected chi connectivity index (χ3v) is 18.6. The molecular weight excluding hydrogens is 963 g/mol. The number of nitrogens with zero attached hydrogens (tertiary/aromatic N) is 1. The van der Waals surface area contributed by atoms with E-state index in [1.807, 2.05) is 12.1 Å². The van der Waals surface area contributed by atoms with Crippen molar-refractivity contribution in [3.63, 3.8) is 0 Å². The van der Waals surface area contributed by atoms with Gasteiger partial charge in [0.1, 0.15) is 33.5 Å². The third-order valence-electron chi connectivity index (χ3n) is 18.6. The Morgan fingerprint density at radius 1 is 0.291 bits per heavy atom. The molecule has 0 spiro atoms. The summed E-state index contributed by atoms with van der Waals surface area (Å²) in [6.07, 6.45) is 0. The highest BCUT2D eigenvalue weighted by atomic mass is 16.3. The lowest BCUT2D eigenvalue weighted by molar-refractivity contribution is 0.600. The van der Waals surface area contributed by atoms with E-state index in [1.54, 1.807) is 0 Å². The van der Waals surface area contributed by atoms with Crippen molar-refractivity contribution in [2.24, 2.45) is 0 Å². The maximum atomic E-state index is 7.03. The van der Waals surface area contributed by atoms with E-state index in [4.69, 9.17) is 13.3 Å². The number of fused-ring (bicyclic) bond motifs is 22. The molecular formula is C75H53NO3. The number of furan rings is 3. The molecule has 3 aliphatic rings. The topological polar surface area (TPSA) is 42.7 Å². The van der Waals surface area contributed by atoms with Crippen LogP contribution in [0.2, 0.25) is 0 Å². The van der Waals surface area contributed by atoms with E-state index in [0.29, 0.717) is 0 Å². The minimum atomic E-state index is -0.376. The Bertz CT molecular complexity index is 4980. The number of para-hydroxylation sites is 3. The van der Waals surface area contributed by atoms with Gasteiger partial charge in [0.2, 0.25) is 0 Å². The number of rotatable bonds is 5. The summed E-state index contributed by atoms with van der Waals surface area (Å²) >= 11 is 0. The highest BCUT2D eigenvalue weighted by molar-refractivity contribution is 6.22. The molecule has 3 aliphatic carbocycles. The Balaban J connectivity index is 0.868. The molecule has 0 atom stereocenters. The highest BCUT2D eigenvalue weighted by Crippen LogP contribution is 2.64. The standard InChI is InChI=1S/C75H53NO3/c1-73(2)57-39-46(33-36-51(57)64-59(73)41-55(71-66(64)53-22-12-16-26-61(53)78-71)44-30-35-49-48-20-11-15-25-60(48)77-63(49)38-44)76(45-31-28-43(29-32-45)42-18-8-7-9-19-42)47-34-37-52-58(40-47)75(5,6)69-65(52)67-54-23-13-17-27-62(54)79-72(67)68-50-21-10-14-24-56(50)74(3,4)70(68)69/h7-41H,1-6H3. The van der Waals surface area contributed by atoms with E-state index >= 15 is 0 Å². The molecule has 11 aromatic carbocycles. The minimum absolute atomic E-state index is 0.246. The van der Waals surface area contributed by atoms with Gasteiger partial charge in [0.25, 0.3) is 0 Å². The first-order chi connectivity index (χ1) is 38.4. The molecule has 17 rings (SSSR count). The van der Waals surface area contributed by atoms with E-state index < -0.39 is 0 Å². The largest absolute Gasteiger partial charge is 0.456 e. The summed E-state index contributed by atoms with van der Waals surface area (Å²) in [4.78, 5) is 2.48. The van der Waals surface area contributed by atoms with Crippen molar-refractivity contribution in [3.05, 3.63) is 246 Å². The zero-order valence-corrected chi connectivity index (χ0v) is 44.9. The van der Waals surface area contributed by atoms with Crippen LogP contribution in [-0.2, 0) is 16.2 Å². The van der Waals surface area contributed by atoms with Crippen molar-refractivity contribution in [3.8, 4) is 55.6 Å². The zero-order chi connectivity index (χ0) is 52.8. The van der Waals surface area contributed by atoms with Gasteiger partial charge < -0.3 is 18.2 Å². The van der Waals surface area contributed by atoms with Gasteiger partial charge in [0, 0.05) is 76.8 Å². The van der Waals surface area contributed by atoms with Crippen LogP contribution in [0.4, 0.5) is 17.1 Å². The average molecular weight is 1020 g/mol. The van der Waals surface area contributed by atoms with Crippen LogP contribution in [0.1, 0.15) is 74.9 Å². The van der Waals surface area contributed by atoms with E-state index in [0.717, 1.165) is 88.6 Å². The van der Waals surface area contributed by atoms with Crippen molar-refractivity contribution < 1.29 is 13.3 Å². The first-order valence-corrected chi connectivity index (χ1v) is 27.7. The summed E-state index contributed by atoms with van der Waals surface area (Å²) in [5.74, 6) is 0. The number of hydrogen-bond donors (Lipinski definition) is 0. The molecule has 79 heavy (non-hydrogen) atoms. The van der Waals surface area contributed by atoms with Crippen LogP contribution in [0.15, 0.2) is 226 Å². The molecule has 0 amide bonds. The van der Waals surface area contributed by atoms with E-state index in [9.17, 15) is 0 Å². The molecule has 0 radical (unpaired) electrons. The smallest absolute Gasteiger partial charge is 0.144 e. The summed E-state index contributed by atoms with van der Waals surface area (Å²) in [6, 6.07) is 77.7. The molecule has 0 saturated carbocycles. The van der Waals surface area contributed by atoms with E-state index in [1.165, 1.54) is 83.3 Å². The molecule has 4 heteroatoms. The molecule has 0 fully saturated rings. The molecule has 0 N–H and O–H groups in total. The molecule has 4 nitrogen and oxygen atoms in total. The molecule has 0 aliphatic heterocycles. The second-order valence-electron chi connectivity index (χ2n) is 23.9. The summed E-state index contributed by atoms with van der Waals surface area (Å²) in [6.45, 7) is 14.5. The fourth-order valence-corrected chi connectivity index (χ4v) is 14.9. The van der Waals surface area contributed by atoms with Crippen molar-refractivity contribution in [2.45, 2.75) is 57.8 Å². The van der Waals surface area contributed by atoms with Gasteiger partial charge in [-0.3, -0.25) is 0 Å².